The van der Waals surface area contributed by atoms with E-state index < -0.39 is 5.60 Å². The van der Waals surface area contributed by atoms with Gasteiger partial charge in [-0.1, -0.05) is 0 Å². The Bertz CT molecular complexity index is 411. The Balaban J connectivity index is 2.82. The third-order valence-electron chi connectivity index (χ3n) is 1.84. The minimum atomic E-state index is -0.841. The van der Waals surface area contributed by atoms with Crippen LogP contribution in [0.25, 0.3) is 0 Å². The molecule has 0 unspecified atom stereocenters. The molecule has 0 fully saturated rings. The molecule has 0 aromatic carbocycles. The van der Waals surface area contributed by atoms with Gasteiger partial charge < -0.3 is 5.11 Å². The smallest absolute Gasteiger partial charge is 0.265 e. The molecular weight excluding hydrogens is 184 g/mol. The number of hydrogen-bond acceptors (Lipinski definition) is 3. The van der Waals surface area contributed by atoms with Gasteiger partial charge in [0.25, 0.3) is 11.1 Å². The lowest BCUT2D eigenvalue weighted by atomic mass is 10.1. The van der Waals surface area contributed by atoms with E-state index in [1.807, 2.05) is 0 Å². The lowest BCUT2D eigenvalue weighted by Crippen LogP contribution is -2.31. The fraction of sp³-hybridized carbons (Fsp3) is 0.556. The quantitative estimate of drug-likeness (QED) is 0.700. The van der Waals surface area contributed by atoms with Crippen LogP contribution in [0.5, 0.6) is 0 Å². The van der Waals surface area contributed by atoms with Crippen molar-refractivity contribution in [2.24, 2.45) is 0 Å². The van der Waals surface area contributed by atoms with Crippen molar-refractivity contribution < 1.29 is 5.11 Å². The van der Waals surface area contributed by atoms with Gasteiger partial charge in [0.05, 0.1) is 5.60 Å². The number of nitrogens with one attached hydrogen (secondary N) is 1. The first-order chi connectivity index (χ1) is 6.38. The third-order valence-corrected chi connectivity index (χ3v) is 1.84. The van der Waals surface area contributed by atoms with Gasteiger partial charge in [-0.05, 0) is 20.3 Å². The van der Waals surface area contributed by atoms with Crippen LogP contribution in [0.4, 0.5) is 0 Å². The molecule has 78 valence electrons. The van der Waals surface area contributed by atoms with E-state index in [4.69, 9.17) is 0 Å². The van der Waals surface area contributed by atoms with Gasteiger partial charge in [0, 0.05) is 18.7 Å². The Labute approximate surface area is 81.0 Å². The highest BCUT2D eigenvalue weighted by atomic mass is 16.3. The molecule has 1 heterocycles. The van der Waals surface area contributed by atoms with E-state index in [1.54, 1.807) is 13.8 Å². The SMILES string of the molecule is CC(C)(O)CCn1[nH]c(=O)ccc1=O. The van der Waals surface area contributed by atoms with Gasteiger partial charge in [-0.2, -0.15) is 0 Å². The highest BCUT2D eigenvalue weighted by Gasteiger charge is 2.12. The van der Waals surface area contributed by atoms with Crippen molar-refractivity contribution in [2.45, 2.75) is 32.4 Å². The molecule has 0 bridgehead atoms. The number of nitrogens with zero attached hydrogens (tertiary/aromatic N) is 1. The Kier molecular flexibility index (Phi) is 2.90. The average molecular weight is 198 g/mol. The largest absolute Gasteiger partial charge is 0.390 e. The summed E-state index contributed by atoms with van der Waals surface area (Å²) in [4.78, 5) is 22.1. The van der Waals surface area contributed by atoms with Crippen LogP contribution in [0.1, 0.15) is 20.3 Å². The summed E-state index contributed by atoms with van der Waals surface area (Å²) in [6.07, 6.45) is 0.410. The molecule has 0 aliphatic heterocycles. The van der Waals surface area contributed by atoms with Gasteiger partial charge in [0.1, 0.15) is 0 Å². The van der Waals surface area contributed by atoms with Gasteiger partial charge in [0.15, 0.2) is 0 Å². The topological polar surface area (TPSA) is 75.1 Å². The molecule has 0 saturated carbocycles. The summed E-state index contributed by atoms with van der Waals surface area (Å²) in [6.45, 7) is 3.61. The van der Waals surface area contributed by atoms with Crippen LogP contribution in [0.15, 0.2) is 21.7 Å². The molecule has 14 heavy (non-hydrogen) atoms. The lowest BCUT2D eigenvalue weighted by molar-refractivity contribution is 0.0645. The minimum Gasteiger partial charge on any atom is -0.390 e. The maximum absolute atomic E-state index is 11.2. The Morgan fingerprint density at radius 3 is 2.64 bits per heavy atom. The van der Waals surface area contributed by atoms with Crippen molar-refractivity contribution in [3.05, 3.63) is 32.8 Å². The van der Waals surface area contributed by atoms with Gasteiger partial charge in [-0.3, -0.25) is 19.4 Å². The van der Waals surface area contributed by atoms with Gasteiger partial charge in [0.2, 0.25) is 0 Å². The van der Waals surface area contributed by atoms with E-state index in [0.717, 1.165) is 0 Å². The van der Waals surface area contributed by atoms with Crippen molar-refractivity contribution >= 4 is 0 Å². The van der Waals surface area contributed by atoms with E-state index in [2.05, 4.69) is 5.10 Å². The molecule has 0 atom stereocenters. The monoisotopic (exact) mass is 198 g/mol. The second-order valence-corrected chi connectivity index (χ2v) is 3.86. The Morgan fingerprint density at radius 2 is 2.07 bits per heavy atom. The Hall–Kier alpha value is -1.36. The summed E-state index contributed by atoms with van der Waals surface area (Å²) in [7, 11) is 0. The molecule has 5 nitrogen and oxygen atoms in total. The normalized spacial score (nSPS) is 11.6. The average Bonchev–Trinajstić information content (AvgIpc) is 2.05. The summed E-state index contributed by atoms with van der Waals surface area (Å²) in [6, 6.07) is 2.39. The van der Waals surface area contributed by atoms with E-state index in [-0.39, 0.29) is 11.1 Å². The fourth-order valence-electron chi connectivity index (χ4n) is 1.01. The zero-order valence-electron chi connectivity index (χ0n) is 8.28. The number of aromatic amines is 1. The molecule has 0 radical (unpaired) electrons. The van der Waals surface area contributed by atoms with Crippen molar-refractivity contribution in [2.75, 3.05) is 0 Å². The van der Waals surface area contributed by atoms with Gasteiger partial charge >= 0.3 is 0 Å². The second-order valence-electron chi connectivity index (χ2n) is 3.86. The number of aryl methyl sites for hydroxylation is 1. The van der Waals surface area contributed by atoms with Crippen molar-refractivity contribution in [1.82, 2.24) is 9.78 Å². The number of rotatable bonds is 3. The van der Waals surface area contributed by atoms with Gasteiger partial charge in [-0.15, -0.1) is 0 Å². The minimum absolute atomic E-state index is 0.270. The van der Waals surface area contributed by atoms with Crippen LogP contribution in [0.2, 0.25) is 0 Å². The van der Waals surface area contributed by atoms with E-state index in [1.165, 1.54) is 16.8 Å². The van der Waals surface area contributed by atoms with Crippen LogP contribution in [-0.2, 0) is 6.54 Å². The maximum atomic E-state index is 11.2. The highest BCUT2D eigenvalue weighted by molar-refractivity contribution is 4.86. The summed E-state index contributed by atoms with van der Waals surface area (Å²) < 4.78 is 1.19. The number of aliphatic hydroxyl groups is 1. The van der Waals surface area contributed by atoms with Crippen LogP contribution in [0.3, 0.4) is 0 Å². The summed E-state index contributed by atoms with van der Waals surface area (Å²) in [5.74, 6) is 0. The summed E-state index contributed by atoms with van der Waals surface area (Å²) >= 11 is 0. The molecular formula is C9H14N2O3. The van der Waals surface area contributed by atoms with Crippen LogP contribution >= 0.6 is 0 Å². The molecule has 0 aliphatic carbocycles. The van der Waals surface area contributed by atoms with Crippen LogP contribution in [0, 0.1) is 0 Å². The Morgan fingerprint density at radius 1 is 1.43 bits per heavy atom. The third kappa shape index (κ3) is 3.18. The molecule has 5 heteroatoms. The van der Waals surface area contributed by atoms with E-state index in [0.29, 0.717) is 13.0 Å². The predicted molar refractivity (Wildman–Crippen MR) is 52.2 cm³/mol. The standard InChI is InChI=1S/C9H14N2O3/c1-9(2,14)5-6-11-8(13)4-3-7(12)10-11/h3-4,14H,5-6H2,1-2H3,(H,10,12). The molecule has 1 aromatic heterocycles. The summed E-state index contributed by atoms with van der Waals surface area (Å²) in [5, 5.41) is 11.8. The van der Waals surface area contributed by atoms with Crippen molar-refractivity contribution in [1.29, 1.82) is 0 Å². The van der Waals surface area contributed by atoms with E-state index in [9.17, 15) is 14.7 Å². The molecule has 0 amide bonds. The zero-order valence-corrected chi connectivity index (χ0v) is 8.28. The van der Waals surface area contributed by atoms with Crippen molar-refractivity contribution in [3.63, 3.8) is 0 Å². The first-order valence-electron chi connectivity index (χ1n) is 4.41. The fourth-order valence-corrected chi connectivity index (χ4v) is 1.01. The molecule has 1 rings (SSSR count). The van der Waals surface area contributed by atoms with Crippen LogP contribution in [-0.4, -0.2) is 20.5 Å². The molecule has 0 saturated heterocycles. The molecule has 2 N–H and O–H groups in total. The number of hydrogen-bond donors (Lipinski definition) is 2. The molecule has 1 aromatic rings. The predicted octanol–water partition coefficient (Wildman–Crippen LogP) is -0.302. The van der Waals surface area contributed by atoms with Crippen LogP contribution < -0.4 is 11.1 Å². The zero-order chi connectivity index (χ0) is 10.8. The van der Waals surface area contributed by atoms with E-state index >= 15 is 0 Å². The second kappa shape index (κ2) is 3.79. The number of H-pyrrole nitrogens is 1. The number of aromatic nitrogens is 2. The summed E-state index contributed by atoms with van der Waals surface area (Å²) in [5.41, 5.74) is -1.43. The lowest BCUT2D eigenvalue weighted by Gasteiger charge is -2.16. The first kappa shape index (κ1) is 10.7. The molecule has 0 aliphatic rings. The first-order valence-corrected chi connectivity index (χ1v) is 4.41. The maximum Gasteiger partial charge on any atom is 0.265 e. The van der Waals surface area contributed by atoms with Gasteiger partial charge in [-0.25, -0.2) is 0 Å². The highest BCUT2D eigenvalue weighted by Crippen LogP contribution is 2.06. The van der Waals surface area contributed by atoms with Crippen molar-refractivity contribution in [3.8, 4) is 0 Å². The molecule has 0 spiro atoms.